The van der Waals surface area contributed by atoms with Crippen molar-refractivity contribution >= 4 is 5.82 Å². The second-order valence-corrected chi connectivity index (χ2v) is 4.70. The lowest BCUT2D eigenvalue weighted by molar-refractivity contribution is -0.0521. The van der Waals surface area contributed by atoms with E-state index in [1.807, 2.05) is 0 Å². The largest absolute Gasteiger partial charge is 0.457 e. The molecule has 25 heavy (non-hydrogen) atoms. The molecule has 0 aliphatic carbocycles. The quantitative estimate of drug-likeness (QED) is 0.723. The summed E-state index contributed by atoms with van der Waals surface area (Å²) in [6.45, 7) is -3.13. The fraction of sp³-hybridized carbons (Fsp3) is 0.143. The number of hydrogen-bond acceptors (Lipinski definition) is 7. The fourth-order valence-electron chi connectivity index (χ4n) is 1.87. The van der Waals surface area contributed by atoms with Crippen LogP contribution in [-0.2, 0) is 6.61 Å². The standard InChI is InChI=1S/C14H11F3N6O2/c15-10-2-1-9(5-11(10)25-13(16)17)23-6-8(21-22-23)7-24-14-19-4-3-12(18)20-14/h1-6,13H,7H2,(H2,18,19,20). The van der Waals surface area contributed by atoms with Gasteiger partial charge in [0.1, 0.15) is 18.1 Å². The predicted octanol–water partition coefficient (Wildman–Crippen LogP) is 1.96. The lowest BCUT2D eigenvalue weighted by atomic mass is 10.3. The Morgan fingerprint density at radius 1 is 1.24 bits per heavy atom. The van der Waals surface area contributed by atoms with Gasteiger partial charge in [-0.05, 0) is 18.2 Å². The summed E-state index contributed by atoms with van der Waals surface area (Å²) in [5.74, 6) is -1.24. The molecule has 130 valence electrons. The normalized spacial score (nSPS) is 10.9. The molecule has 11 heteroatoms. The molecule has 1 aromatic carbocycles. The first kappa shape index (κ1) is 16.5. The summed E-state index contributed by atoms with van der Waals surface area (Å²) >= 11 is 0. The number of benzene rings is 1. The van der Waals surface area contributed by atoms with Crippen molar-refractivity contribution in [2.24, 2.45) is 0 Å². The van der Waals surface area contributed by atoms with E-state index in [0.717, 1.165) is 12.1 Å². The van der Waals surface area contributed by atoms with E-state index in [1.165, 1.54) is 29.2 Å². The average molecular weight is 352 g/mol. The van der Waals surface area contributed by atoms with Crippen LogP contribution in [0.1, 0.15) is 5.69 Å². The third kappa shape index (κ3) is 4.13. The van der Waals surface area contributed by atoms with Gasteiger partial charge in [-0.2, -0.15) is 13.8 Å². The van der Waals surface area contributed by atoms with Crippen molar-refractivity contribution in [1.29, 1.82) is 0 Å². The monoisotopic (exact) mass is 352 g/mol. The van der Waals surface area contributed by atoms with E-state index in [2.05, 4.69) is 25.0 Å². The minimum Gasteiger partial charge on any atom is -0.457 e. The molecule has 0 atom stereocenters. The molecule has 0 aliphatic rings. The van der Waals surface area contributed by atoms with Gasteiger partial charge in [0.15, 0.2) is 11.6 Å². The molecule has 3 aromatic rings. The van der Waals surface area contributed by atoms with Crippen molar-refractivity contribution in [2.75, 3.05) is 5.73 Å². The van der Waals surface area contributed by atoms with Crippen LogP contribution in [0.5, 0.6) is 11.8 Å². The van der Waals surface area contributed by atoms with Crippen molar-refractivity contribution < 1.29 is 22.6 Å². The Balaban J connectivity index is 1.73. The van der Waals surface area contributed by atoms with Crippen LogP contribution in [0.15, 0.2) is 36.7 Å². The Bertz CT molecular complexity index is 873. The highest BCUT2D eigenvalue weighted by atomic mass is 19.3. The van der Waals surface area contributed by atoms with E-state index in [0.29, 0.717) is 5.69 Å². The highest BCUT2D eigenvalue weighted by molar-refractivity contribution is 5.39. The summed E-state index contributed by atoms with van der Waals surface area (Å²) in [5.41, 5.74) is 6.21. The van der Waals surface area contributed by atoms with Gasteiger partial charge < -0.3 is 15.2 Å². The summed E-state index contributed by atoms with van der Waals surface area (Å²) in [6, 6.07) is 5.00. The van der Waals surface area contributed by atoms with Crippen LogP contribution in [0.2, 0.25) is 0 Å². The van der Waals surface area contributed by atoms with E-state index in [9.17, 15) is 13.2 Å². The van der Waals surface area contributed by atoms with Crippen molar-refractivity contribution in [3.8, 4) is 17.4 Å². The molecule has 8 nitrogen and oxygen atoms in total. The fourth-order valence-corrected chi connectivity index (χ4v) is 1.87. The Labute approximate surface area is 139 Å². The van der Waals surface area contributed by atoms with E-state index in [4.69, 9.17) is 10.5 Å². The van der Waals surface area contributed by atoms with Crippen molar-refractivity contribution in [3.63, 3.8) is 0 Å². The smallest absolute Gasteiger partial charge is 0.387 e. The third-order valence-corrected chi connectivity index (χ3v) is 2.94. The van der Waals surface area contributed by atoms with Gasteiger partial charge in [0.05, 0.1) is 11.9 Å². The maximum absolute atomic E-state index is 13.4. The van der Waals surface area contributed by atoms with Crippen LogP contribution in [0.25, 0.3) is 5.69 Å². The van der Waals surface area contributed by atoms with Crippen molar-refractivity contribution in [2.45, 2.75) is 13.2 Å². The van der Waals surface area contributed by atoms with Crippen LogP contribution in [-0.4, -0.2) is 31.6 Å². The third-order valence-electron chi connectivity index (χ3n) is 2.94. The number of ether oxygens (including phenoxy) is 2. The zero-order chi connectivity index (χ0) is 17.8. The summed E-state index contributed by atoms with van der Waals surface area (Å²) in [7, 11) is 0. The molecular weight excluding hydrogens is 341 g/mol. The van der Waals surface area contributed by atoms with E-state index in [-0.39, 0.29) is 24.1 Å². The molecule has 2 aromatic heterocycles. The van der Waals surface area contributed by atoms with Gasteiger partial charge in [0, 0.05) is 12.3 Å². The number of rotatable bonds is 6. The Hall–Kier alpha value is -3.37. The molecule has 0 amide bonds. The lowest BCUT2D eigenvalue weighted by Crippen LogP contribution is -2.05. The summed E-state index contributed by atoms with van der Waals surface area (Å²) in [5, 5.41) is 7.68. The molecule has 0 bridgehead atoms. The number of nitrogens with two attached hydrogens (primary N) is 1. The van der Waals surface area contributed by atoms with Crippen LogP contribution in [0, 0.1) is 5.82 Å². The Morgan fingerprint density at radius 2 is 2.08 bits per heavy atom. The van der Waals surface area contributed by atoms with Gasteiger partial charge in [-0.25, -0.2) is 14.1 Å². The first-order chi connectivity index (χ1) is 12.0. The molecule has 0 saturated heterocycles. The Kier molecular flexibility index (Phi) is 4.64. The van der Waals surface area contributed by atoms with Gasteiger partial charge in [0.25, 0.3) is 0 Å². The molecular formula is C14H11F3N6O2. The average Bonchev–Trinajstić information content (AvgIpc) is 3.04. The second kappa shape index (κ2) is 7.03. The molecule has 0 unspecified atom stereocenters. The zero-order valence-corrected chi connectivity index (χ0v) is 12.5. The number of halogens is 3. The number of aromatic nitrogens is 5. The molecule has 3 rings (SSSR count). The Morgan fingerprint density at radius 3 is 2.84 bits per heavy atom. The summed E-state index contributed by atoms with van der Waals surface area (Å²) in [4.78, 5) is 7.73. The first-order valence-electron chi connectivity index (χ1n) is 6.88. The van der Waals surface area contributed by atoms with E-state index >= 15 is 0 Å². The predicted molar refractivity (Wildman–Crippen MR) is 78.7 cm³/mol. The number of alkyl halides is 2. The number of hydrogen-bond donors (Lipinski definition) is 1. The molecule has 0 radical (unpaired) electrons. The topological polar surface area (TPSA) is 101 Å². The lowest BCUT2D eigenvalue weighted by Gasteiger charge is -2.07. The summed E-state index contributed by atoms with van der Waals surface area (Å²) < 4.78 is 48.7. The second-order valence-electron chi connectivity index (χ2n) is 4.70. The summed E-state index contributed by atoms with van der Waals surface area (Å²) in [6.07, 6.45) is 2.92. The van der Waals surface area contributed by atoms with Crippen LogP contribution >= 0.6 is 0 Å². The highest BCUT2D eigenvalue weighted by Gasteiger charge is 2.12. The van der Waals surface area contributed by atoms with Gasteiger partial charge in [-0.1, -0.05) is 5.21 Å². The van der Waals surface area contributed by atoms with E-state index < -0.39 is 18.2 Å². The molecule has 0 saturated carbocycles. The molecule has 0 spiro atoms. The van der Waals surface area contributed by atoms with Crippen LogP contribution in [0.3, 0.4) is 0 Å². The number of nitrogens with zero attached hydrogens (tertiary/aromatic N) is 5. The maximum atomic E-state index is 13.4. The van der Waals surface area contributed by atoms with E-state index in [1.54, 1.807) is 0 Å². The SMILES string of the molecule is Nc1ccnc(OCc2cn(-c3ccc(F)c(OC(F)F)c3)nn2)n1. The van der Waals surface area contributed by atoms with Gasteiger partial charge in [-0.3, -0.25) is 0 Å². The minimum atomic E-state index is -3.14. The molecule has 0 fully saturated rings. The van der Waals surface area contributed by atoms with Crippen LogP contribution < -0.4 is 15.2 Å². The number of anilines is 1. The minimum absolute atomic E-state index is 0.00500. The van der Waals surface area contributed by atoms with Crippen LogP contribution in [0.4, 0.5) is 19.0 Å². The molecule has 0 aliphatic heterocycles. The maximum Gasteiger partial charge on any atom is 0.387 e. The van der Waals surface area contributed by atoms with Crippen molar-refractivity contribution in [1.82, 2.24) is 25.0 Å². The van der Waals surface area contributed by atoms with Gasteiger partial charge in [0.2, 0.25) is 0 Å². The van der Waals surface area contributed by atoms with Gasteiger partial charge >= 0.3 is 12.6 Å². The highest BCUT2D eigenvalue weighted by Crippen LogP contribution is 2.22. The molecule has 2 heterocycles. The van der Waals surface area contributed by atoms with Crippen molar-refractivity contribution in [3.05, 3.63) is 48.2 Å². The zero-order valence-electron chi connectivity index (χ0n) is 12.5. The first-order valence-corrected chi connectivity index (χ1v) is 6.88. The van der Waals surface area contributed by atoms with Gasteiger partial charge in [-0.15, -0.1) is 5.10 Å². The number of nitrogen functional groups attached to an aromatic ring is 1. The molecule has 2 N–H and O–H groups in total.